The summed E-state index contributed by atoms with van der Waals surface area (Å²) in [5, 5.41) is 3.36. The van der Waals surface area contributed by atoms with E-state index in [0.717, 1.165) is 49.7 Å². The summed E-state index contributed by atoms with van der Waals surface area (Å²) < 4.78 is 0. The first-order valence-corrected chi connectivity index (χ1v) is 7.70. The molecule has 18 heavy (non-hydrogen) atoms. The van der Waals surface area contributed by atoms with E-state index in [9.17, 15) is 4.79 Å². The van der Waals surface area contributed by atoms with Gasteiger partial charge in [-0.2, -0.15) is 11.8 Å². The SMILES string of the molecule is O=C(c1cccc2c1CCNC2)N1CCSCC1. The first-order chi connectivity index (χ1) is 8.86. The highest BCUT2D eigenvalue weighted by Gasteiger charge is 2.22. The summed E-state index contributed by atoms with van der Waals surface area (Å²) in [7, 11) is 0. The molecule has 0 aromatic heterocycles. The molecule has 2 heterocycles. The molecule has 3 nitrogen and oxygen atoms in total. The van der Waals surface area contributed by atoms with Gasteiger partial charge in [0, 0.05) is 36.7 Å². The van der Waals surface area contributed by atoms with Gasteiger partial charge in [0.25, 0.3) is 5.91 Å². The van der Waals surface area contributed by atoms with E-state index in [-0.39, 0.29) is 5.91 Å². The van der Waals surface area contributed by atoms with Crippen molar-refractivity contribution < 1.29 is 4.79 Å². The van der Waals surface area contributed by atoms with Gasteiger partial charge in [-0.15, -0.1) is 0 Å². The van der Waals surface area contributed by atoms with Gasteiger partial charge in [0.2, 0.25) is 0 Å². The van der Waals surface area contributed by atoms with E-state index in [4.69, 9.17) is 0 Å². The number of nitrogens with zero attached hydrogens (tertiary/aromatic N) is 1. The first-order valence-electron chi connectivity index (χ1n) is 6.55. The molecule has 0 radical (unpaired) electrons. The quantitative estimate of drug-likeness (QED) is 0.833. The van der Waals surface area contributed by atoms with Crippen LogP contribution in [0.15, 0.2) is 18.2 Å². The van der Waals surface area contributed by atoms with E-state index >= 15 is 0 Å². The highest BCUT2D eigenvalue weighted by molar-refractivity contribution is 7.99. The largest absolute Gasteiger partial charge is 0.337 e. The van der Waals surface area contributed by atoms with Gasteiger partial charge in [-0.1, -0.05) is 12.1 Å². The fraction of sp³-hybridized carbons (Fsp3) is 0.500. The maximum atomic E-state index is 12.6. The van der Waals surface area contributed by atoms with Crippen LogP contribution >= 0.6 is 11.8 Å². The van der Waals surface area contributed by atoms with Crippen molar-refractivity contribution in [2.45, 2.75) is 13.0 Å². The minimum absolute atomic E-state index is 0.231. The normalized spacial score (nSPS) is 19.4. The second-order valence-corrected chi connectivity index (χ2v) is 6.00. The summed E-state index contributed by atoms with van der Waals surface area (Å²) in [4.78, 5) is 14.6. The number of carbonyl (C=O) groups is 1. The fourth-order valence-corrected chi connectivity index (χ4v) is 3.57. The second kappa shape index (κ2) is 5.33. The van der Waals surface area contributed by atoms with E-state index in [1.807, 2.05) is 28.8 Å². The fourth-order valence-electron chi connectivity index (χ4n) is 2.67. The van der Waals surface area contributed by atoms with Crippen LogP contribution in [0.1, 0.15) is 21.5 Å². The zero-order valence-corrected chi connectivity index (χ0v) is 11.3. The van der Waals surface area contributed by atoms with Crippen LogP contribution in [0.2, 0.25) is 0 Å². The molecular formula is C14H18N2OS. The number of fused-ring (bicyclic) bond motifs is 1. The molecular weight excluding hydrogens is 244 g/mol. The van der Waals surface area contributed by atoms with Crippen LogP contribution in [-0.4, -0.2) is 41.9 Å². The third kappa shape index (κ3) is 2.27. The standard InChI is InChI=1S/C14H18N2OS/c17-14(16-6-8-18-9-7-16)13-3-1-2-11-10-15-5-4-12(11)13/h1-3,15H,4-10H2. The summed E-state index contributed by atoms with van der Waals surface area (Å²) >= 11 is 1.94. The zero-order valence-electron chi connectivity index (χ0n) is 10.4. The van der Waals surface area contributed by atoms with Crippen LogP contribution in [0.25, 0.3) is 0 Å². The lowest BCUT2D eigenvalue weighted by atomic mass is 9.95. The van der Waals surface area contributed by atoms with Crippen molar-refractivity contribution in [1.82, 2.24) is 10.2 Å². The number of hydrogen-bond donors (Lipinski definition) is 1. The third-order valence-corrected chi connectivity index (χ3v) is 4.61. The molecule has 1 fully saturated rings. The summed E-state index contributed by atoms with van der Waals surface area (Å²) in [6, 6.07) is 6.14. The second-order valence-electron chi connectivity index (χ2n) is 4.77. The van der Waals surface area contributed by atoms with E-state index in [1.54, 1.807) is 0 Å². The van der Waals surface area contributed by atoms with E-state index in [2.05, 4.69) is 11.4 Å². The highest BCUT2D eigenvalue weighted by Crippen LogP contribution is 2.21. The monoisotopic (exact) mass is 262 g/mol. The van der Waals surface area contributed by atoms with Crippen molar-refractivity contribution in [3.8, 4) is 0 Å². The van der Waals surface area contributed by atoms with E-state index in [0.29, 0.717) is 0 Å². The Bertz CT molecular complexity index is 455. The Balaban J connectivity index is 1.89. The summed E-state index contributed by atoms with van der Waals surface area (Å²) in [5.41, 5.74) is 3.49. The maximum Gasteiger partial charge on any atom is 0.254 e. The number of amides is 1. The van der Waals surface area contributed by atoms with Gasteiger partial charge in [0.15, 0.2) is 0 Å². The molecule has 4 heteroatoms. The minimum Gasteiger partial charge on any atom is -0.337 e. The molecule has 0 bridgehead atoms. The average Bonchev–Trinajstić information content (AvgIpc) is 2.47. The topological polar surface area (TPSA) is 32.3 Å². The number of rotatable bonds is 1. The number of hydrogen-bond acceptors (Lipinski definition) is 3. The number of nitrogens with one attached hydrogen (secondary N) is 1. The van der Waals surface area contributed by atoms with E-state index < -0.39 is 0 Å². The molecule has 1 N–H and O–H groups in total. The van der Waals surface area contributed by atoms with Crippen LogP contribution in [0.4, 0.5) is 0 Å². The number of carbonyl (C=O) groups excluding carboxylic acids is 1. The van der Waals surface area contributed by atoms with Crippen molar-refractivity contribution in [1.29, 1.82) is 0 Å². The van der Waals surface area contributed by atoms with Crippen molar-refractivity contribution in [3.63, 3.8) is 0 Å². The molecule has 0 unspecified atom stereocenters. The summed E-state index contributed by atoms with van der Waals surface area (Å²) in [6.45, 7) is 3.66. The maximum absolute atomic E-state index is 12.6. The molecule has 3 rings (SSSR count). The minimum atomic E-state index is 0.231. The van der Waals surface area contributed by atoms with Gasteiger partial charge >= 0.3 is 0 Å². The lowest BCUT2D eigenvalue weighted by Crippen LogP contribution is -2.39. The van der Waals surface area contributed by atoms with Crippen LogP contribution in [0.3, 0.4) is 0 Å². The van der Waals surface area contributed by atoms with Gasteiger partial charge in [0.05, 0.1) is 0 Å². The molecule has 1 amide bonds. The lowest BCUT2D eigenvalue weighted by molar-refractivity contribution is 0.0771. The molecule has 1 aromatic carbocycles. The lowest BCUT2D eigenvalue weighted by Gasteiger charge is -2.28. The van der Waals surface area contributed by atoms with Crippen LogP contribution in [-0.2, 0) is 13.0 Å². The molecule has 0 atom stereocenters. The predicted molar refractivity (Wildman–Crippen MR) is 75.1 cm³/mol. The molecule has 0 saturated carbocycles. The Morgan fingerprint density at radius 2 is 2.11 bits per heavy atom. The van der Waals surface area contributed by atoms with Gasteiger partial charge in [-0.3, -0.25) is 4.79 Å². The Kier molecular flexibility index (Phi) is 3.57. The molecule has 2 aliphatic heterocycles. The molecule has 96 valence electrons. The van der Waals surface area contributed by atoms with Gasteiger partial charge < -0.3 is 10.2 Å². The van der Waals surface area contributed by atoms with Crippen LogP contribution in [0, 0.1) is 0 Å². The Morgan fingerprint density at radius 1 is 1.28 bits per heavy atom. The molecule has 1 aromatic rings. The zero-order chi connectivity index (χ0) is 12.4. The number of benzene rings is 1. The summed E-state index contributed by atoms with van der Waals surface area (Å²) in [6.07, 6.45) is 0.972. The van der Waals surface area contributed by atoms with E-state index in [1.165, 1.54) is 11.1 Å². The highest BCUT2D eigenvalue weighted by atomic mass is 32.2. The van der Waals surface area contributed by atoms with Crippen LogP contribution in [0.5, 0.6) is 0 Å². The van der Waals surface area contributed by atoms with Crippen molar-refractivity contribution in [2.75, 3.05) is 31.1 Å². The van der Waals surface area contributed by atoms with Gasteiger partial charge in [-0.25, -0.2) is 0 Å². The van der Waals surface area contributed by atoms with Gasteiger partial charge in [-0.05, 0) is 30.2 Å². The summed E-state index contributed by atoms with van der Waals surface area (Å²) in [5.74, 6) is 2.37. The predicted octanol–water partition coefficient (Wildman–Crippen LogP) is 1.52. The van der Waals surface area contributed by atoms with Gasteiger partial charge in [0.1, 0.15) is 0 Å². The Morgan fingerprint density at radius 3 is 2.94 bits per heavy atom. The van der Waals surface area contributed by atoms with Crippen LogP contribution < -0.4 is 5.32 Å². The molecule has 2 aliphatic rings. The molecule has 0 aliphatic carbocycles. The first kappa shape index (κ1) is 12.1. The Labute approximate surface area is 112 Å². The average molecular weight is 262 g/mol. The Hall–Kier alpha value is -1.00. The van der Waals surface area contributed by atoms with Crippen molar-refractivity contribution in [3.05, 3.63) is 34.9 Å². The van der Waals surface area contributed by atoms with Crippen molar-refractivity contribution in [2.24, 2.45) is 0 Å². The number of thioether (sulfide) groups is 1. The smallest absolute Gasteiger partial charge is 0.254 e. The molecule has 0 spiro atoms. The van der Waals surface area contributed by atoms with Crippen molar-refractivity contribution >= 4 is 17.7 Å². The third-order valence-electron chi connectivity index (χ3n) is 3.67. The molecule has 1 saturated heterocycles.